The van der Waals surface area contributed by atoms with Crippen LogP contribution in [0.2, 0.25) is 0 Å². The highest BCUT2D eigenvalue weighted by atomic mass is 32.2. The summed E-state index contributed by atoms with van der Waals surface area (Å²) < 4.78 is 33.4. The second-order valence-electron chi connectivity index (χ2n) is 9.44. The van der Waals surface area contributed by atoms with Crippen LogP contribution in [0.15, 0.2) is 17.0 Å². The van der Waals surface area contributed by atoms with Gasteiger partial charge in [-0.1, -0.05) is 6.92 Å². The van der Waals surface area contributed by atoms with Gasteiger partial charge in [-0.3, -0.25) is 9.59 Å². The molecule has 9 nitrogen and oxygen atoms in total. The van der Waals surface area contributed by atoms with E-state index in [1.54, 1.807) is 13.0 Å². The average molecular weight is 479 g/mol. The van der Waals surface area contributed by atoms with Crippen molar-refractivity contribution in [1.29, 1.82) is 0 Å². The minimum atomic E-state index is -3.72. The summed E-state index contributed by atoms with van der Waals surface area (Å²) in [5.41, 5.74) is 1.03. The SMILES string of the molecule is Cc1cc2c(cc1S(=O)(=O)N1CCC(C(=O)NCCN3CCC(C)CC3)CC1)OCC(=O)N2. The molecule has 0 spiro atoms. The van der Waals surface area contributed by atoms with Gasteiger partial charge in [-0.2, -0.15) is 4.31 Å². The number of nitrogens with zero attached hydrogens (tertiary/aromatic N) is 2. The molecule has 2 fully saturated rings. The van der Waals surface area contributed by atoms with Gasteiger partial charge >= 0.3 is 0 Å². The summed E-state index contributed by atoms with van der Waals surface area (Å²) in [5.74, 6) is 0.739. The summed E-state index contributed by atoms with van der Waals surface area (Å²) in [6.07, 6.45) is 3.43. The van der Waals surface area contributed by atoms with E-state index in [0.29, 0.717) is 49.5 Å². The van der Waals surface area contributed by atoms with E-state index < -0.39 is 10.0 Å². The summed E-state index contributed by atoms with van der Waals surface area (Å²) in [6.45, 7) is 8.15. The minimum absolute atomic E-state index is 0.0199. The fraction of sp³-hybridized carbons (Fsp3) is 0.652. The molecule has 4 rings (SSSR count). The van der Waals surface area contributed by atoms with Crippen LogP contribution < -0.4 is 15.4 Å². The van der Waals surface area contributed by atoms with Gasteiger partial charge in [0.25, 0.3) is 5.91 Å². The average Bonchev–Trinajstić information content (AvgIpc) is 2.79. The van der Waals surface area contributed by atoms with Crippen molar-refractivity contribution in [2.24, 2.45) is 11.8 Å². The van der Waals surface area contributed by atoms with Crippen molar-refractivity contribution < 1.29 is 22.7 Å². The second kappa shape index (κ2) is 9.99. The van der Waals surface area contributed by atoms with Crippen LogP contribution in [0.5, 0.6) is 5.75 Å². The van der Waals surface area contributed by atoms with Crippen molar-refractivity contribution in [3.05, 3.63) is 17.7 Å². The van der Waals surface area contributed by atoms with Gasteiger partial charge in [-0.25, -0.2) is 8.42 Å². The zero-order valence-electron chi connectivity index (χ0n) is 19.4. The number of carbonyl (C=O) groups excluding carboxylic acids is 2. The monoisotopic (exact) mass is 478 g/mol. The summed E-state index contributed by atoms with van der Waals surface area (Å²) in [6, 6.07) is 3.11. The van der Waals surface area contributed by atoms with E-state index in [4.69, 9.17) is 4.74 Å². The first-order chi connectivity index (χ1) is 15.7. The molecule has 2 saturated heterocycles. The van der Waals surface area contributed by atoms with Gasteiger partial charge in [-0.05, 0) is 63.2 Å². The number of hydrogen-bond acceptors (Lipinski definition) is 6. The Labute approximate surface area is 195 Å². The molecule has 0 radical (unpaired) electrons. The Kier molecular flexibility index (Phi) is 7.25. The van der Waals surface area contributed by atoms with Crippen LogP contribution >= 0.6 is 0 Å². The number of carbonyl (C=O) groups is 2. The van der Waals surface area contributed by atoms with Crippen LogP contribution in [0.3, 0.4) is 0 Å². The minimum Gasteiger partial charge on any atom is -0.482 e. The van der Waals surface area contributed by atoms with Gasteiger partial charge in [0, 0.05) is 38.2 Å². The molecule has 182 valence electrons. The topological polar surface area (TPSA) is 108 Å². The number of likely N-dealkylation sites (tertiary alicyclic amines) is 1. The first kappa shape index (κ1) is 24.0. The van der Waals surface area contributed by atoms with Crippen molar-refractivity contribution in [1.82, 2.24) is 14.5 Å². The fourth-order valence-corrected chi connectivity index (χ4v) is 6.45. The summed E-state index contributed by atoms with van der Waals surface area (Å²) in [5, 5.41) is 5.74. The molecule has 2 N–H and O–H groups in total. The van der Waals surface area contributed by atoms with Crippen molar-refractivity contribution >= 4 is 27.5 Å². The highest BCUT2D eigenvalue weighted by molar-refractivity contribution is 7.89. The first-order valence-electron chi connectivity index (χ1n) is 11.8. The molecular weight excluding hydrogens is 444 g/mol. The van der Waals surface area contributed by atoms with Gasteiger partial charge in [0.1, 0.15) is 5.75 Å². The van der Waals surface area contributed by atoms with E-state index in [1.807, 2.05) is 0 Å². The number of hydrogen-bond donors (Lipinski definition) is 2. The number of anilines is 1. The van der Waals surface area contributed by atoms with E-state index in [9.17, 15) is 18.0 Å². The molecule has 0 saturated carbocycles. The normalized spacial score (nSPS) is 21.2. The maximum atomic E-state index is 13.3. The Morgan fingerprint density at radius 2 is 1.85 bits per heavy atom. The Morgan fingerprint density at radius 1 is 1.15 bits per heavy atom. The third-order valence-electron chi connectivity index (χ3n) is 6.96. The van der Waals surface area contributed by atoms with E-state index in [0.717, 1.165) is 25.6 Å². The number of aryl methyl sites for hydroxylation is 1. The van der Waals surface area contributed by atoms with Crippen molar-refractivity contribution in [2.45, 2.75) is 44.4 Å². The van der Waals surface area contributed by atoms with Crippen molar-refractivity contribution in [2.75, 3.05) is 51.2 Å². The Hall–Kier alpha value is -2.17. The van der Waals surface area contributed by atoms with Crippen LogP contribution in [0.1, 0.15) is 38.2 Å². The summed E-state index contributed by atoms with van der Waals surface area (Å²) in [7, 11) is -3.72. The number of nitrogens with one attached hydrogen (secondary N) is 2. The highest BCUT2D eigenvalue weighted by Gasteiger charge is 2.34. The number of piperidine rings is 2. The fourth-order valence-electron chi connectivity index (χ4n) is 4.76. The molecule has 1 aromatic rings. The largest absolute Gasteiger partial charge is 0.482 e. The van der Waals surface area contributed by atoms with Gasteiger partial charge < -0.3 is 20.3 Å². The predicted molar refractivity (Wildman–Crippen MR) is 125 cm³/mol. The number of fused-ring (bicyclic) bond motifs is 1. The van der Waals surface area contributed by atoms with Crippen LogP contribution in [0.25, 0.3) is 0 Å². The van der Waals surface area contributed by atoms with E-state index in [1.165, 1.54) is 23.2 Å². The van der Waals surface area contributed by atoms with Gasteiger partial charge in [0.05, 0.1) is 10.6 Å². The van der Waals surface area contributed by atoms with Crippen molar-refractivity contribution in [3.63, 3.8) is 0 Å². The number of rotatable bonds is 6. The number of ether oxygens (including phenoxy) is 1. The molecule has 2 amide bonds. The third-order valence-corrected chi connectivity index (χ3v) is 9.00. The number of sulfonamides is 1. The highest BCUT2D eigenvalue weighted by Crippen LogP contribution is 2.35. The maximum absolute atomic E-state index is 13.3. The zero-order chi connectivity index (χ0) is 23.6. The zero-order valence-corrected chi connectivity index (χ0v) is 20.2. The molecule has 10 heteroatoms. The Morgan fingerprint density at radius 3 is 2.55 bits per heavy atom. The predicted octanol–water partition coefficient (Wildman–Crippen LogP) is 1.57. The molecule has 0 bridgehead atoms. The van der Waals surface area contributed by atoms with E-state index in [-0.39, 0.29) is 29.2 Å². The number of amides is 2. The molecule has 0 atom stereocenters. The van der Waals surface area contributed by atoms with Gasteiger partial charge in [0.2, 0.25) is 15.9 Å². The third kappa shape index (κ3) is 5.50. The van der Waals surface area contributed by atoms with Crippen LogP contribution in [-0.4, -0.2) is 75.3 Å². The molecule has 0 aromatic heterocycles. The molecule has 33 heavy (non-hydrogen) atoms. The molecule has 1 aromatic carbocycles. The smallest absolute Gasteiger partial charge is 0.262 e. The molecular formula is C23H34N4O5S. The molecule has 3 heterocycles. The van der Waals surface area contributed by atoms with Crippen LogP contribution in [0.4, 0.5) is 5.69 Å². The lowest BCUT2D eigenvalue weighted by molar-refractivity contribution is -0.126. The standard InChI is InChI=1S/C23H34N4O5S/c1-16-3-8-26(9-4-16)12-7-24-23(29)18-5-10-27(11-6-18)33(30,31)21-14-20-19(13-17(21)2)25-22(28)15-32-20/h13-14,16,18H,3-12,15H2,1-2H3,(H,24,29)(H,25,28). The number of benzene rings is 1. The van der Waals surface area contributed by atoms with E-state index >= 15 is 0 Å². The maximum Gasteiger partial charge on any atom is 0.262 e. The second-order valence-corrected chi connectivity index (χ2v) is 11.4. The van der Waals surface area contributed by atoms with Gasteiger partial charge in [-0.15, -0.1) is 0 Å². The first-order valence-corrected chi connectivity index (χ1v) is 13.3. The van der Waals surface area contributed by atoms with Gasteiger partial charge in [0.15, 0.2) is 6.61 Å². The Balaban J connectivity index is 1.30. The summed E-state index contributed by atoms with van der Waals surface area (Å²) >= 11 is 0. The van der Waals surface area contributed by atoms with Crippen LogP contribution in [0, 0.1) is 18.8 Å². The molecule has 3 aliphatic rings. The lowest BCUT2D eigenvalue weighted by Crippen LogP contribution is -2.45. The molecule has 0 aliphatic carbocycles. The summed E-state index contributed by atoms with van der Waals surface area (Å²) in [4.78, 5) is 26.7. The van der Waals surface area contributed by atoms with Crippen LogP contribution in [-0.2, 0) is 19.6 Å². The van der Waals surface area contributed by atoms with Crippen molar-refractivity contribution in [3.8, 4) is 5.75 Å². The lowest BCUT2D eigenvalue weighted by Gasteiger charge is -2.32. The lowest BCUT2D eigenvalue weighted by atomic mass is 9.97. The van der Waals surface area contributed by atoms with E-state index in [2.05, 4.69) is 22.5 Å². The quantitative estimate of drug-likeness (QED) is 0.643. The molecule has 0 unspecified atom stereocenters. The molecule has 3 aliphatic heterocycles. The Bertz CT molecular complexity index is 996.